The Morgan fingerprint density at radius 2 is 2.08 bits per heavy atom. The van der Waals surface area contributed by atoms with Crippen molar-refractivity contribution in [3.63, 3.8) is 0 Å². The first kappa shape index (κ1) is 18.4. The minimum absolute atomic E-state index is 0.103. The van der Waals surface area contributed by atoms with Crippen LogP contribution in [0.4, 0.5) is 13.6 Å². The highest BCUT2D eigenvalue weighted by atomic mass is 19.1. The quantitative estimate of drug-likeness (QED) is 0.879. The van der Waals surface area contributed by atoms with Gasteiger partial charge in [-0.2, -0.15) is 0 Å². The van der Waals surface area contributed by atoms with Gasteiger partial charge in [-0.1, -0.05) is 11.2 Å². The number of aryl methyl sites for hydroxylation is 2. The number of likely N-dealkylation sites (tertiary alicyclic amines) is 1. The van der Waals surface area contributed by atoms with E-state index in [0.717, 1.165) is 25.3 Å². The maximum atomic E-state index is 13.7. The second-order valence-corrected chi connectivity index (χ2v) is 6.79. The van der Waals surface area contributed by atoms with Crippen LogP contribution in [0.3, 0.4) is 0 Å². The molecule has 1 N–H and O–H groups in total. The van der Waals surface area contributed by atoms with Gasteiger partial charge in [-0.05, 0) is 50.2 Å². The Kier molecular flexibility index (Phi) is 5.85. The van der Waals surface area contributed by atoms with Gasteiger partial charge in [0.15, 0.2) is 0 Å². The molecule has 140 valence electrons. The summed E-state index contributed by atoms with van der Waals surface area (Å²) < 4.78 is 31.6. The molecule has 2 heterocycles. The molecule has 0 bridgehead atoms. The number of urea groups is 1. The van der Waals surface area contributed by atoms with Crippen LogP contribution in [0.15, 0.2) is 28.8 Å². The third-order valence-corrected chi connectivity index (χ3v) is 4.84. The highest BCUT2D eigenvalue weighted by molar-refractivity contribution is 5.74. The van der Waals surface area contributed by atoms with Crippen molar-refractivity contribution < 1.29 is 18.1 Å². The fourth-order valence-corrected chi connectivity index (χ4v) is 3.29. The minimum atomic E-state index is -0.550. The molecule has 0 unspecified atom stereocenters. The summed E-state index contributed by atoms with van der Waals surface area (Å²) in [5.41, 5.74) is 1.25. The normalized spacial score (nSPS) is 15.3. The van der Waals surface area contributed by atoms with Gasteiger partial charge in [0, 0.05) is 25.2 Å². The number of hydrogen-bond donors (Lipinski definition) is 1. The van der Waals surface area contributed by atoms with Crippen LogP contribution in [-0.2, 0) is 13.0 Å². The van der Waals surface area contributed by atoms with Crippen molar-refractivity contribution in [1.82, 2.24) is 15.4 Å². The topological polar surface area (TPSA) is 58.4 Å². The molecule has 1 fully saturated rings. The smallest absolute Gasteiger partial charge is 0.317 e. The Hall–Kier alpha value is -2.44. The number of amides is 2. The molecule has 1 saturated heterocycles. The van der Waals surface area contributed by atoms with Gasteiger partial charge in [-0.25, -0.2) is 13.6 Å². The van der Waals surface area contributed by atoms with E-state index in [4.69, 9.17) is 4.52 Å². The predicted octanol–water partition coefficient (Wildman–Crippen LogP) is 3.82. The van der Waals surface area contributed by atoms with Gasteiger partial charge in [-0.15, -0.1) is 0 Å². The van der Waals surface area contributed by atoms with Crippen molar-refractivity contribution >= 4 is 6.03 Å². The average Bonchev–Trinajstić information content (AvgIpc) is 3.05. The van der Waals surface area contributed by atoms with E-state index in [1.165, 1.54) is 12.1 Å². The van der Waals surface area contributed by atoms with Crippen LogP contribution in [0, 0.1) is 24.5 Å². The number of nitrogens with one attached hydrogen (secondary N) is 1. The number of aromatic nitrogens is 1. The molecule has 0 aliphatic carbocycles. The third kappa shape index (κ3) is 4.80. The average molecular weight is 363 g/mol. The zero-order valence-corrected chi connectivity index (χ0v) is 14.8. The van der Waals surface area contributed by atoms with E-state index in [1.807, 2.05) is 0 Å². The molecule has 0 saturated carbocycles. The summed E-state index contributed by atoms with van der Waals surface area (Å²) in [6.07, 6.45) is 3.21. The zero-order chi connectivity index (χ0) is 18.5. The molecular formula is C19H23F2N3O2. The van der Waals surface area contributed by atoms with Gasteiger partial charge in [0.25, 0.3) is 0 Å². The summed E-state index contributed by atoms with van der Waals surface area (Å²) in [5.74, 6) is 0.130. The number of halogens is 2. The van der Waals surface area contributed by atoms with Gasteiger partial charge in [0.05, 0.1) is 6.54 Å². The van der Waals surface area contributed by atoms with E-state index < -0.39 is 11.6 Å². The number of piperidine rings is 1. The minimum Gasteiger partial charge on any atom is -0.361 e. The van der Waals surface area contributed by atoms with E-state index in [0.29, 0.717) is 49.0 Å². The lowest BCUT2D eigenvalue weighted by Gasteiger charge is -2.32. The summed E-state index contributed by atoms with van der Waals surface area (Å²) in [7, 11) is 0. The summed E-state index contributed by atoms with van der Waals surface area (Å²) in [6, 6.07) is 5.43. The van der Waals surface area contributed by atoms with Crippen molar-refractivity contribution in [2.75, 3.05) is 13.1 Å². The first-order valence-electron chi connectivity index (χ1n) is 8.90. The summed E-state index contributed by atoms with van der Waals surface area (Å²) in [5, 5.41) is 6.70. The number of carbonyl (C=O) groups is 1. The Balaban J connectivity index is 1.40. The molecule has 26 heavy (non-hydrogen) atoms. The van der Waals surface area contributed by atoms with Gasteiger partial charge in [0.1, 0.15) is 23.1 Å². The molecule has 1 aliphatic heterocycles. The number of nitrogens with zero attached hydrogens (tertiary/aromatic N) is 2. The molecule has 1 aromatic heterocycles. The fraction of sp³-hybridized carbons (Fsp3) is 0.474. The van der Waals surface area contributed by atoms with Gasteiger partial charge >= 0.3 is 6.03 Å². The van der Waals surface area contributed by atoms with Crippen LogP contribution in [0.25, 0.3) is 0 Å². The van der Waals surface area contributed by atoms with E-state index in [1.54, 1.807) is 17.9 Å². The van der Waals surface area contributed by atoms with Crippen LogP contribution in [0.2, 0.25) is 0 Å². The molecule has 2 aromatic rings. The number of rotatable bonds is 5. The zero-order valence-electron chi connectivity index (χ0n) is 14.8. The molecule has 0 atom stereocenters. The van der Waals surface area contributed by atoms with Crippen molar-refractivity contribution in [2.24, 2.45) is 5.92 Å². The summed E-state index contributed by atoms with van der Waals surface area (Å²) >= 11 is 0. The molecule has 2 amide bonds. The SMILES string of the molecule is Cc1cc(CNC(=O)N2CCC(CCc3ccc(F)cc3F)CC2)no1. The maximum absolute atomic E-state index is 13.7. The van der Waals surface area contributed by atoms with Gasteiger partial charge in [0.2, 0.25) is 0 Å². The first-order valence-corrected chi connectivity index (χ1v) is 8.90. The van der Waals surface area contributed by atoms with Crippen molar-refractivity contribution in [3.05, 3.63) is 52.9 Å². The number of hydrogen-bond acceptors (Lipinski definition) is 3. The predicted molar refractivity (Wildman–Crippen MR) is 92.5 cm³/mol. The van der Waals surface area contributed by atoms with E-state index in [2.05, 4.69) is 10.5 Å². The van der Waals surface area contributed by atoms with E-state index >= 15 is 0 Å². The molecule has 0 spiro atoms. The standard InChI is InChI=1S/C19H23F2N3O2/c1-13-10-17(23-26-13)12-22-19(25)24-8-6-14(7-9-24)2-3-15-4-5-16(20)11-18(15)21/h4-5,10-11,14H,2-3,6-9,12H2,1H3,(H,22,25). The summed E-state index contributed by atoms with van der Waals surface area (Å²) in [6.45, 7) is 3.52. The molecule has 1 aromatic carbocycles. The molecular weight excluding hydrogens is 340 g/mol. The Morgan fingerprint density at radius 1 is 1.31 bits per heavy atom. The van der Waals surface area contributed by atoms with Crippen LogP contribution < -0.4 is 5.32 Å². The fourth-order valence-electron chi connectivity index (χ4n) is 3.29. The van der Waals surface area contributed by atoms with Crippen LogP contribution in [0.5, 0.6) is 0 Å². The Morgan fingerprint density at radius 3 is 2.73 bits per heavy atom. The van der Waals surface area contributed by atoms with Crippen molar-refractivity contribution in [2.45, 2.75) is 39.2 Å². The van der Waals surface area contributed by atoms with E-state index in [-0.39, 0.29) is 6.03 Å². The van der Waals surface area contributed by atoms with Gasteiger partial charge < -0.3 is 14.7 Å². The first-order chi connectivity index (χ1) is 12.5. The largest absolute Gasteiger partial charge is 0.361 e. The van der Waals surface area contributed by atoms with Crippen molar-refractivity contribution in [3.8, 4) is 0 Å². The molecule has 0 radical (unpaired) electrons. The lowest BCUT2D eigenvalue weighted by Crippen LogP contribution is -2.44. The number of carbonyl (C=O) groups excluding carboxylic acids is 1. The highest BCUT2D eigenvalue weighted by Gasteiger charge is 2.23. The second-order valence-electron chi connectivity index (χ2n) is 6.79. The lowest BCUT2D eigenvalue weighted by atomic mass is 9.90. The Labute approximate surface area is 151 Å². The van der Waals surface area contributed by atoms with Crippen LogP contribution >= 0.6 is 0 Å². The monoisotopic (exact) mass is 363 g/mol. The molecule has 3 rings (SSSR count). The third-order valence-electron chi connectivity index (χ3n) is 4.84. The van der Waals surface area contributed by atoms with Crippen molar-refractivity contribution in [1.29, 1.82) is 0 Å². The highest BCUT2D eigenvalue weighted by Crippen LogP contribution is 2.23. The van der Waals surface area contributed by atoms with Crippen LogP contribution in [-0.4, -0.2) is 29.2 Å². The Bertz CT molecular complexity index is 755. The van der Waals surface area contributed by atoms with Gasteiger partial charge in [-0.3, -0.25) is 0 Å². The maximum Gasteiger partial charge on any atom is 0.317 e. The lowest BCUT2D eigenvalue weighted by molar-refractivity contribution is 0.167. The second kappa shape index (κ2) is 8.29. The molecule has 1 aliphatic rings. The molecule has 7 heteroatoms. The molecule has 5 nitrogen and oxygen atoms in total. The number of benzene rings is 1. The van der Waals surface area contributed by atoms with Crippen LogP contribution in [0.1, 0.15) is 36.3 Å². The van der Waals surface area contributed by atoms with E-state index in [9.17, 15) is 13.6 Å². The summed E-state index contributed by atoms with van der Waals surface area (Å²) in [4.78, 5) is 14.0.